The number of nitrogens with two attached hydrogens (primary N) is 1. The zero-order valence-electron chi connectivity index (χ0n) is 25.7. The van der Waals surface area contributed by atoms with Crippen molar-refractivity contribution in [1.29, 1.82) is 5.26 Å². The van der Waals surface area contributed by atoms with E-state index in [-0.39, 0.29) is 41.1 Å². The molecular weight excluding hydrogens is 579 g/mol. The number of hydrogen-bond donors (Lipinski definition) is 4. The van der Waals surface area contributed by atoms with E-state index in [0.717, 1.165) is 27.3 Å². The third-order valence-electron chi connectivity index (χ3n) is 7.81. The Kier molecular flexibility index (Phi) is 9.18. The van der Waals surface area contributed by atoms with E-state index in [2.05, 4.69) is 21.2 Å². The molecule has 0 aliphatic carbocycles. The first-order chi connectivity index (χ1) is 21.3. The molecule has 2 atom stereocenters. The molecule has 0 bridgehead atoms. The van der Waals surface area contributed by atoms with Crippen molar-refractivity contribution >= 4 is 29.1 Å². The minimum atomic E-state index is -0.774. The van der Waals surface area contributed by atoms with Gasteiger partial charge in [0.25, 0.3) is 23.3 Å². The molecule has 2 unspecified atom stereocenters. The van der Waals surface area contributed by atoms with Gasteiger partial charge in [-0.3, -0.25) is 29.2 Å². The Morgan fingerprint density at radius 3 is 2.07 bits per heavy atom. The normalized spacial score (nSPS) is 16.7. The predicted octanol–water partition coefficient (Wildman–Crippen LogP) is 1.55. The van der Waals surface area contributed by atoms with Crippen molar-refractivity contribution in [2.45, 2.75) is 25.9 Å². The van der Waals surface area contributed by atoms with Crippen LogP contribution in [0.3, 0.4) is 0 Å². The standard InChI is InChI=1S/C16H14FN3O2.C16H19N5O2/c1-9-4-5-10(15(21)19-2)6-11(9)12-7-13(17)14(8-18)20(3)16(12)22;1-8-4-5-9(15(22)18-2)6-10(8)11-7-12-13(14(17)20-19-12)21(3)16(11)23/h4-7H,1-3H3,(H,19,21);4-7,12-13,19H,1-3H3,(H2,17,20)(H,18,22). The number of carbonyl (C=O) groups is 3. The van der Waals surface area contributed by atoms with Crippen LogP contribution in [0, 0.1) is 31.0 Å². The largest absolute Gasteiger partial charge is 0.384 e. The average Bonchev–Trinajstić information content (AvgIpc) is 3.41. The predicted molar refractivity (Wildman–Crippen MR) is 168 cm³/mol. The van der Waals surface area contributed by atoms with E-state index in [1.807, 2.05) is 19.1 Å². The van der Waals surface area contributed by atoms with Crippen LogP contribution in [0.25, 0.3) is 16.7 Å². The van der Waals surface area contributed by atoms with Crippen LogP contribution in [-0.2, 0) is 11.8 Å². The lowest BCUT2D eigenvalue weighted by Gasteiger charge is -2.33. The maximum atomic E-state index is 14.0. The average molecular weight is 613 g/mol. The van der Waals surface area contributed by atoms with E-state index in [1.165, 1.54) is 20.2 Å². The lowest BCUT2D eigenvalue weighted by molar-refractivity contribution is -0.125. The summed E-state index contributed by atoms with van der Waals surface area (Å²) in [5.41, 5.74) is 12.4. The van der Waals surface area contributed by atoms with Crippen LogP contribution in [-0.4, -0.2) is 66.3 Å². The molecule has 2 aromatic carbocycles. The van der Waals surface area contributed by atoms with Gasteiger partial charge in [-0.2, -0.15) is 10.4 Å². The molecule has 3 heterocycles. The first kappa shape index (κ1) is 32.2. The zero-order valence-corrected chi connectivity index (χ0v) is 25.7. The van der Waals surface area contributed by atoms with Crippen LogP contribution < -0.4 is 27.4 Å². The number of aryl methyl sites for hydroxylation is 2. The first-order valence-corrected chi connectivity index (χ1v) is 13.9. The van der Waals surface area contributed by atoms with Gasteiger partial charge in [0, 0.05) is 44.9 Å². The molecule has 2 aliphatic rings. The van der Waals surface area contributed by atoms with E-state index in [4.69, 9.17) is 11.0 Å². The van der Waals surface area contributed by atoms with Crippen molar-refractivity contribution in [1.82, 2.24) is 25.5 Å². The van der Waals surface area contributed by atoms with Crippen LogP contribution in [0.1, 0.15) is 43.1 Å². The van der Waals surface area contributed by atoms with E-state index in [0.29, 0.717) is 28.1 Å². The summed E-state index contributed by atoms with van der Waals surface area (Å²) in [6.07, 6.45) is 1.84. The Balaban J connectivity index is 0.000000205. The van der Waals surface area contributed by atoms with Gasteiger partial charge in [0.2, 0.25) is 0 Å². The fourth-order valence-electron chi connectivity index (χ4n) is 5.23. The maximum Gasteiger partial charge on any atom is 0.259 e. The Morgan fingerprint density at radius 2 is 1.51 bits per heavy atom. The van der Waals surface area contributed by atoms with E-state index in [1.54, 1.807) is 56.3 Å². The Morgan fingerprint density at radius 1 is 0.956 bits per heavy atom. The molecule has 232 valence electrons. The second kappa shape index (κ2) is 12.8. The van der Waals surface area contributed by atoms with Crippen LogP contribution >= 0.6 is 0 Å². The highest BCUT2D eigenvalue weighted by atomic mass is 19.1. The van der Waals surface area contributed by atoms with Crippen molar-refractivity contribution in [3.8, 4) is 17.2 Å². The molecule has 2 aliphatic heterocycles. The van der Waals surface area contributed by atoms with Crippen LogP contribution in [0.15, 0.2) is 58.4 Å². The molecule has 5 rings (SSSR count). The fourth-order valence-corrected chi connectivity index (χ4v) is 5.23. The smallest absolute Gasteiger partial charge is 0.259 e. The summed E-state index contributed by atoms with van der Waals surface area (Å²) >= 11 is 0. The summed E-state index contributed by atoms with van der Waals surface area (Å²) < 4.78 is 14.9. The molecule has 45 heavy (non-hydrogen) atoms. The molecule has 12 nitrogen and oxygen atoms in total. The van der Waals surface area contributed by atoms with Crippen LogP contribution in [0.5, 0.6) is 0 Å². The number of aromatic nitrogens is 1. The molecule has 5 N–H and O–H groups in total. The molecule has 1 aromatic heterocycles. The molecular formula is C32H33FN8O4. The van der Waals surface area contributed by atoms with Gasteiger partial charge in [0.15, 0.2) is 11.5 Å². The molecule has 0 spiro atoms. The van der Waals surface area contributed by atoms with Crippen molar-refractivity contribution in [3.63, 3.8) is 0 Å². The number of nitrogens with one attached hydrogen (secondary N) is 3. The van der Waals surface area contributed by atoms with Crippen LogP contribution in [0.2, 0.25) is 0 Å². The Hall–Kier alpha value is -5.77. The number of pyridine rings is 1. The van der Waals surface area contributed by atoms with Gasteiger partial charge in [-0.05, 0) is 72.5 Å². The summed E-state index contributed by atoms with van der Waals surface area (Å²) in [7, 11) is 6.13. The second-order valence-electron chi connectivity index (χ2n) is 10.6. The topological polar surface area (TPSA) is 175 Å². The number of amidine groups is 1. The summed E-state index contributed by atoms with van der Waals surface area (Å²) in [4.78, 5) is 50.2. The van der Waals surface area contributed by atoms with E-state index < -0.39 is 11.4 Å². The Bertz CT molecular complexity index is 1890. The second-order valence-corrected chi connectivity index (χ2v) is 10.6. The van der Waals surface area contributed by atoms with E-state index in [9.17, 15) is 23.6 Å². The number of nitrogens with zero attached hydrogens (tertiary/aromatic N) is 4. The summed E-state index contributed by atoms with van der Waals surface area (Å²) in [5.74, 6) is -0.994. The molecule has 0 saturated carbocycles. The number of carbonyl (C=O) groups excluding carboxylic acids is 3. The monoisotopic (exact) mass is 612 g/mol. The minimum Gasteiger partial charge on any atom is -0.384 e. The summed E-state index contributed by atoms with van der Waals surface area (Å²) in [6, 6.07) is 12.5. The number of hydrazone groups is 1. The van der Waals surface area contributed by atoms with E-state index >= 15 is 0 Å². The number of hydrogen-bond acceptors (Lipinski definition) is 8. The highest BCUT2D eigenvalue weighted by molar-refractivity contribution is 6.22. The summed E-state index contributed by atoms with van der Waals surface area (Å²) in [6.45, 7) is 3.68. The maximum absolute atomic E-state index is 14.0. The third kappa shape index (κ3) is 6.03. The molecule has 3 amide bonds. The number of amides is 3. The number of rotatable bonds is 4. The molecule has 0 fully saturated rings. The number of likely N-dealkylation sites (N-methyl/N-ethyl adjacent to an activating group) is 1. The van der Waals surface area contributed by atoms with Gasteiger partial charge < -0.3 is 21.3 Å². The van der Waals surface area contributed by atoms with Gasteiger partial charge in [0.1, 0.15) is 17.9 Å². The highest BCUT2D eigenvalue weighted by Gasteiger charge is 2.40. The minimum absolute atomic E-state index is 0.113. The SMILES string of the molecule is CNC(=O)c1ccc(C)c(-c2cc(F)c(C#N)n(C)c2=O)c1.CNC(=O)c1ccc(C)c(C2=CC3NN=C(N)C3N(C)C2=O)c1. The molecule has 0 radical (unpaired) electrons. The third-order valence-corrected chi connectivity index (χ3v) is 7.81. The van der Waals surface area contributed by atoms with Gasteiger partial charge in [-0.15, -0.1) is 0 Å². The van der Waals surface area contributed by atoms with Crippen LogP contribution in [0.4, 0.5) is 4.39 Å². The number of benzene rings is 2. The number of nitriles is 1. The van der Waals surface area contributed by atoms with Gasteiger partial charge in [0.05, 0.1) is 11.6 Å². The lowest BCUT2D eigenvalue weighted by atomic mass is 9.90. The quantitative estimate of drug-likeness (QED) is 0.346. The number of halogens is 1. The Labute approximate surface area is 259 Å². The number of fused-ring (bicyclic) bond motifs is 1. The first-order valence-electron chi connectivity index (χ1n) is 13.9. The van der Waals surface area contributed by atoms with Gasteiger partial charge in [-0.25, -0.2) is 4.39 Å². The lowest BCUT2D eigenvalue weighted by Crippen LogP contribution is -2.53. The van der Waals surface area contributed by atoms with Crippen molar-refractivity contribution in [3.05, 3.63) is 98.2 Å². The van der Waals surface area contributed by atoms with Gasteiger partial charge >= 0.3 is 0 Å². The summed E-state index contributed by atoms with van der Waals surface area (Å²) in [5, 5.41) is 18.0. The van der Waals surface area contributed by atoms with Crippen molar-refractivity contribution in [2.24, 2.45) is 17.9 Å². The molecule has 13 heteroatoms. The van der Waals surface area contributed by atoms with Crippen molar-refractivity contribution in [2.75, 3.05) is 21.1 Å². The zero-order chi connectivity index (χ0) is 33.2. The molecule has 3 aromatic rings. The fraction of sp³-hybridized carbons (Fsp3) is 0.250. The highest BCUT2D eigenvalue weighted by Crippen LogP contribution is 2.29. The van der Waals surface area contributed by atoms with Gasteiger partial charge in [-0.1, -0.05) is 12.1 Å². The van der Waals surface area contributed by atoms with Crippen molar-refractivity contribution < 1.29 is 18.8 Å². The molecule has 0 saturated heterocycles.